The molecular formula is C19H22IN3O7. The third-order valence-corrected chi connectivity index (χ3v) is 5.12. The lowest BCUT2D eigenvalue weighted by atomic mass is 10.0. The third kappa shape index (κ3) is 4.96. The molecule has 0 bridgehead atoms. The van der Waals surface area contributed by atoms with Crippen LogP contribution in [0, 0.1) is 0 Å². The fourth-order valence-corrected chi connectivity index (χ4v) is 3.65. The number of halogens is 1. The summed E-state index contributed by atoms with van der Waals surface area (Å²) in [5.41, 5.74) is 0.337. The van der Waals surface area contributed by atoms with Crippen molar-refractivity contribution in [1.29, 1.82) is 0 Å². The maximum Gasteiger partial charge on any atom is 0.264 e. The second kappa shape index (κ2) is 10.3. The quantitative estimate of drug-likeness (QED) is 0.181. The first kappa shape index (κ1) is 22.6. The molecular weight excluding hydrogens is 509 g/mol. The van der Waals surface area contributed by atoms with Crippen molar-refractivity contribution in [1.82, 2.24) is 10.2 Å². The Morgan fingerprint density at radius 1 is 1.17 bits per heavy atom. The van der Waals surface area contributed by atoms with Gasteiger partial charge in [-0.25, -0.2) is 0 Å². The van der Waals surface area contributed by atoms with E-state index in [1.807, 2.05) is 0 Å². The smallest absolute Gasteiger partial charge is 0.264 e. The molecule has 1 saturated heterocycles. The molecule has 0 aliphatic carbocycles. The summed E-state index contributed by atoms with van der Waals surface area (Å²) in [7, 11) is 0. The lowest BCUT2D eigenvalue weighted by Crippen LogP contribution is -2.55. The molecule has 0 aromatic heterocycles. The Morgan fingerprint density at radius 3 is 2.67 bits per heavy atom. The fraction of sp³-hybridized carbons (Fsp3) is 0.474. The highest BCUT2D eigenvalue weighted by Crippen LogP contribution is 2.32. The normalized spacial score (nSPS) is 20.9. The molecule has 10 nitrogen and oxygen atoms in total. The number of hydrogen-bond acceptors (Lipinski definition) is 7. The van der Waals surface area contributed by atoms with Crippen LogP contribution in [0.1, 0.15) is 33.6 Å². The van der Waals surface area contributed by atoms with E-state index in [1.54, 1.807) is 6.07 Å². The van der Waals surface area contributed by atoms with E-state index in [9.17, 15) is 24.3 Å². The molecule has 2 atom stereocenters. The molecule has 2 aliphatic rings. The Labute approximate surface area is 186 Å². The number of aliphatic hydroxyl groups is 1. The summed E-state index contributed by atoms with van der Waals surface area (Å²) >= 11 is 2.19. The third-order valence-electron chi connectivity index (χ3n) is 4.68. The number of amides is 4. The van der Waals surface area contributed by atoms with E-state index in [0.29, 0.717) is 13.2 Å². The molecule has 162 valence electrons. The van der Waals surface area contributed by atoms with Crippen LogP contribution in [-0.4, -0.2) is 76.8 Å². The Hall–Kier alpha value is -2.09. The molecule has 2 heterocycles. The number of imide groups is 1. The minimum Gasteiger partial charge on any atom is -0.378 e. The van der Waals surface area contributed by atoms with Crippen molar-refractivity contribution < 1.29 is 33.8 Å². The van der Waals surface area contributed by atoms with Crippen molar-refractivity contribution in [3.63, 3.8) is 0 Å². The van der Waals surface area contributed by atoms with Crippen LogP contribution in [0.15, 0.2) is 18.2 Å². The maximum absolute atomic E-state index is 13.0. The maximum atomic E-state index is 13.0. The number of alkyl halides is 1. The van der Waals surface area contributed by atoms with E-state index in [1.165, 1.54) is 12.1 Å². The van der Waals surface area contributed by atoms with Crippen LogP contribution in [0.5, 0.6) is 0 Å². The molecule has 0 saturated carbocycles. The van der Waals surface area contributed by atoms with Gasteiger partial charge in [0.2, 0.25) is 11.8 Å². The highest BCUT2D eigenvalue weighted by atomic mass is 127. The first-order chi connectivity index (χ1) is 14.4. The summed E-state index contributed by atoms with van der Waals surface area (Å²) in [6, 6.07) is 3.53. The van der Waals surface area contributed by atoms with Crippen molar-refractivity contribution in [2.75, 3.05) is 36.2 Å². The Bertz CT molecular complexity index is 847. The van der Waals surface area contributed by atoms with Crippen LogP contribution in [0.25, 0.3) is 0 Å². The lowest BCUT2D eigenvalue weighted by molar-refractivity contribution is -0.131. The van der Waals surface area contributed by atoms with Crippen LogP contribution < -0.4 is 10.6 Å². The zero-order valence-corrected chi connectivity index (χ0v) is 18.2. The number of rotatable bonds is 9. The van der Waals surface area contributed by atoms with Gasteiger partial charge in [-0.2, -0.15) is 0 Å². The van der Waals surface area contributed by atoms with Gasteiger partial charge in [-0.05, 0) is 25.0 Å². The van der Waals surface area contributed by atoms with Crippen molar-refractivity contribution >= 4 is 51.9 Å². The summed E-state index contributed by atoms with van der Waals surface area (Å²) < 4.78 is 11.4. The fourth-order valence-electron chi connectivity index (χ4n) is 3.34. The van der Waals surface area contributed by atoms with Gasteiger partial charge >= 0.3 is 0 Å². The standard InChI is InChI=1S/C19H22IN3O7/c20-6-7-29-8-9-30-10-15(25)21-12-3-1-2-11-16(12)19(28)23(18(11)27)13-4-5-14(24)22-17(13)26/h1-3,13-14,24H,4-10H2,(H,21,25)(H,22,26). The van der Waals surface area contributed by atoms with Crippen LogP contribution >= 0.6 is 22.6 Å². The topological polar surface area (TPSA) is 134 Å². The van der Waals surface area contributed by atoms with Crippen LogP contribution in [0.4, 0.5) is 5.69 Å². The number of nitrogens with one attached hydrogen (secondary N) is 2. The highest BCUT2D eigenvalue weighted by molar-refractivity contribution is 14.1. The molecule has 0 radical (unpaired) electrons. The van der Waals surface area contributed by atoms with Crippen molar-refractivity contribution in [2.45, 2.75) is 25.1 Å². The van der Waals surface area contributed by atoms with Gasteiger partial charge in [0.15, 0.2) is 0 Å². The molecule has 3 N–H and O–H groups in total. The van der Waals surface area contributed by atoms with E-state index < -0.39 is 35.9 Å². The Morgan fingerprint density at radius 2 is 1.93 bits per heavy atom. The predicted octanol–water partition coefficient (Wildman–Crippen LogP) is 0.286. The molecule has 1 aromatic rings. The van der Waals surface area contributed by atoms with Gasteiger partial charge in [0, 0.05) is 4.43 Å². The summed E-state index contributed by atoms with van der Waals surface area (Å²) in [4.78, 5) is 51.0. The summed E-state index contributed by atoms with van der Waals surface area (Å²) in [5.74, 6) is -2.33. The van der Waals surface area contributed by atoms with Gasteiger partial charge < -0.3 is 25.2 Å². The van der Waals surface area contributed by atoms with Gasteiger partial charge in [0.1, 0.15) is 18.9 Å². The molecule has 0 spiro atoms. The number of aliphatic hydroxyl groups excluding tert-OH is 1. The van der Waals surface area contributed by atoms with Crippen molar-refractivity contribution in [3.05, 3.63) is 29.3 Å². The molecule has 2 aliphatic heterocycles. The average molecular weight is 531 g/mol. The number of benzene rings is 1. The van der Waals surface area contributed by atoms with Gasteiger partial charge in [0.05, 0.1) is 36.6 Å². The number of carbonyl (C=O) groups excluding carboxylic acids is 4. The molecule has 1 aromatic carbocycles. The molecule has 11 heteroatoms. The summed E-state index contributed by atoms with van der Waals surface area (Å²) in [5, 5.41) is 14.5. The number of hydrogen-bond donors (Lipinski definition) is 3. The molecule has 2 unspecified atom stereocenters. The first-order valence-corrected chi connectivity index (χ1v) is 11.0. The predicted molar refractivity (Wildman–Crippen MR) is 113 cm³/mol. The molecule has 30 heavy (non-hydrogen) atoms. The van der Waals surface area contributed by atoms with Gasteiger partial charge in [-0.15, -0.1) is 0 Å². The summed E-state index contributed by atoms with van der Waals surface area (Å²) in [6.45, 7) is 1.00. The first-order valence-electron chi connectivity index (χ1n) is 9.44. The van der Waals surface area contributed by atoms with Crippen molar-refractivity contribution in [2.24, 2.45) is 0 Å². The minimum atomic E-state index is -1.00. The summed E-state index contributed by atoms with van der Waals surface area (Å²) in [6.07, 6.45) is -0.606. The van der Waals surface area contributed by atoms with E-state index in [2.05, 4.69) is 33.2 Å². The highest BCUT2D eigenvalue weighted by Gasteiger charge is 2.45. The SMILES string of the molecule is O=C(COCCOCCI)Nc1cccc2c1C(=O)N(C1CCC(O)NC1=O)C2=O. The van der Waals surface area contributed by atoms with Gasteiger partial charge in [-0.1, -0.05) is 28.7 Å². The number of piperidine rings is 1. The van der Waals surface area contributed by atoms with Crippen molar-refractivity contribution in [3.8, 4) is 0 Å². The van der Waals surface area contributed by atoms with E-state index in [0.717, 1.165) is 9.33 Å². The van der Waals surface area contributed by atoms with E-state index in [-0.39, 0.29) is 42.9 Å². The number of carbonyl (C=O) groups is 4. The minimum absolute atomic E-state index is 0.0418. The number of fused-ring (bicyclic) bond motifs is 1. The number of anilines is 1. The second-order valence-corrected chi connectivity index (χ2v) is 7.81. The van der Waals surface area contributed by atoms with Gasteiger partial charge in [-0.3, -0.25) is 24.1 Å². The lowest BCUT2D eigenvalue weighted by Gasteiger charge is -2.31. The largest absolute Gasteiger partial charge is 0.378 e. The molecule has 3 rings (SSSR count). The number of nitrogens with zero attached hydrogens (tertiary/aromatic N) is 1. The number of ether oxygens (including phenoxy) is 2. The second-order valence-electron chi connectivity index (χ2n) is 6.73. The van der Waals surface area contributed by atoms with Gasteiger partial charge in [0.25, 0.3) is 11.8 Å². The molecule has 4 amide bonds. The monoisotopic (exact) mass is 531 g/mol. The Kier molecular flexibility index (Phi) is 7.75. The van der Waals surface area contributed by atoms with E-state index >= 15 is 0 Å². The zero-order valence-electron chi connectivity index (χ0n) is 16.1. The van der Waals surface area contributed by atoms with Crippen LogP contribution in [0.3, 0.4) is 0 Å². The zero-order chi connectivity index (χ0) is 21.7. The van der Waals surface area contributed by atoms with Crippen LogP contribution in [-0.2, 0) is 19.1 Å². The van der Waals surface area contributed by atoms with Crippen LogP contribution in [0.2, 0.25) is 0 Å². The average Bonchev–Trinajstić information content (AvgIpc) is 2.96. The molecule has 1 fully saturated rings. The van der Waals surface area contributed by atoms with E-state index in [4.69, 9.17) is 9.47 Å². The Balaban J connectivity index is 1.66.